The highest BCUT2D eigenvalue weighted by atomic mass is 16.3. The number of hydrogen-bond donors (Lipinski definition) is 2. The first-order valence-electron chi connectivity index (χ1n) is 3.76. The Balaban J connectivity index is 3.87. The molecule has 2 unspecified atom stereocenters. The first kappa shape index (κ1) is 9.92. The molecule has 2 atom stereocenters. The van der Waals surface area contributed by atoms with Crippen LogP contribution in [-0.2, 0) is 0 Å². The summed E-state index contributed by atoms with van der Waals surface area (Å²) in [5, 5.41) is 18.6. The average Bonchev–Trinajstić information content (AvgIpc) is 1.60. The molecule has 0 fully saturated rings. The van der Waals surface area contributed by atoms with Gasteiger partial charge in [0.1, 0.15) is 0 Å². The molecule has 0 aliphatic heterocycles. The minimum absolute atomic E-state index is 0.196. The van der Waals surface area contributed by atoms with Gasteiger partial charge in [-0.3, -0.25) is 0 Å². The van der Waals surface area contributed by atoms with Gasteiger partial charge < -0.3 is 10.2 Å². The van der Waals surface area contributed by atoms with Gasteiger partial charge in [0, 0.05) is 6.42 Å². The number of hydrogen-bond acceptors (Lipinski definition) is 2. The molecule has 0 rings (SSSR count). The van der Waals surface area contributed by atoms with Crippen molar-refractivity contribution >= 4 is 0 Å². The summed E-state index contributed by atoms with van der Waals surface area (Å²) in [6.07, 6.45) is 0.0300. The van der Waals surface area contributed by atoms with Gasteiger partial charge in [-0.05, 0) is 19.8 Å². The van der Waals surface area contributed by atoms with Gasteiger partial charge in [0.15, 0.2) is 0 Å². The lowest BCUT2D eigenvalue weighted by molar-refractivity contribution is -0.0265. The van der Waals surface area contributed by atoms with Crippen molar-refractivity contribution in [2.24, 2.45) is 5.92 Å². The Bertz CT molecular complexity index is 95.4. The maximum Gasteiger partial charge on any atom is 0.0667 e. The Morgan fingerprint density at radius 3 is 1.80 bits per heavy atom. The second-order valence-electron chi connectivity index (χ2n) is 3.57. The third kappa shape index (κ3) is 3.18. The number of aliphatic hydroxyl groups excluding tert-OH is 1. The minimum atomic E-state index is -0.728. The summed E-state index contributed by atoms with van der Waals surface area (Å²) < 4.78 is 0. The van der Waals surface area contributed by atoms with Crippen LogP contribution in [0, 0.1) is 5.92 Å². The van der Waals surface area contributed by atoms with Crippen LogP contribution < -0.4 is 0 Å². The Morgan fingerprint density at radius 2 is 1.70 bits per heavy atom. The molecule has 0 aromatic carbocycles. The lowest BCUT2D eigenvalue weighted by Crippen LogP contribution is -2.34. The average molecular weight is 146 g/mol. The molecule has 2 heteroatoms. The van der Waals surface area contributed by atoms with Crippen molar-refractivity contribution < 1.29 is 10.2 Å². The van der Waals surface area contributed by atoms with Crippen LogP contribution in [0.2, 0.25) is 0 Å². The minimum Gasteiger partial charge on any atom is -0.393 e. The topological polar surface area (TPSA) is 40.5 Å². The van der Waals surface area contributed by atoms with Crippen molar-refractivity contribution in [2.75, 3.05) is 0 Å². The quantitative estimate of drug-likeness (QED) is 0.627. The Labute approximate surface area is 62.9 Å². The van der Waals surface area contributed by atoms with Crippen LogP contribution in [0.4, 0.5) is 0 Å². The van der Waals surface area contributed by atoms with Crippen LogP contribution in [-0.4, -0.2) is 21.9 Å². The summed E-state index contributed by atoms with van der Waals surface area (Å²) in [5.41, 5.74) is -0.728. The molecule has 10 heavy (non-hydrogen) atoms. The molecule has 2 nitrogen and oxygen atoms in total. The summed E-state index contributed by atoms with van der Waals surface area (Å²) in [5.74, 6) is 0.196. The van der Waals surface area contributed by atoms with Gasteiger partial charge >= 0.3 is 0 Å². The zero-order valence-corrected chi connectivity index (χ0v) is 7.26. The summed E-state index contributed by atoms with van der Waals surface area (Å²) in [6.45, 7) is 7.34. The predicted molar refractivity (Wildman–Crippen MR) is 41.8 cm³/mol. The molecule has 0 saturated heterocycles. The second-order valence-corrected chi connectivity index (χ2v) is 3.57. The van der Waals surface area contributed by atoms with Gasteiger partial charge in [-0.25, -0.2) is 0 Å². The smallest absolute Gasteiger partial charge is 0.0667 e. The van der Waals surface area contributed by atoms with Gasteiger partial charge in [-0.1, -0.05) is 13.8 Å². The first-order valence-corrected chi connectivity index (χ1v) is 3.76. The van der Waals surface area contributed by atoms with Gasteiger partial charge in [-0.15, -0.1) is 0 Å². The molecular formula is C8H18O2. The lowest BCUT2D eigenvalue weighted by atomic mass is 9.87. The van der Waals surface area contributed by atoms with Gasteiger partial charge in [0.05, 0.1) is 11.7 Å². The molecule has 0 aliphatic carbocycles. The summed E-state index contributed by atoms with van der Waals surface area (Å²) in [7, 11) is 0. The van der Waals surface area contributed by atoms with Crippen molar-refractivity contribution in [1.29, 1.82) is 0 Å². The molecule has 0 aromatic rings. The molecule has 0 saturated carbocycles. The van der Waals surface area contributed by atoms with E-state index < -0.39 is 11.7 Å². The molecule has 0 aliphatic rings. The highest BCUT2D eigenvalue weighted by Gasteiger charge is 2.26. The van der Waals surface area contributed by atoms with Gasteiger partial charge in [0.25, 0.3) is 0 Å². The van der Waals surface area contributed by atoms with Gasteiger partial charge in [0.2, 0.25) is 0 Å². The SMILES string of the molecule is CC(O)CC(C)(O)C(C)C. The van der Waals surface area contributed by atoms with Gasteiger partial charge in [-0.2, -0.15) is 0 Å². The summed E-state index contributed by atoms with van der Waals surface area (Å²) in [4.78, 5) is 0. The van der Waals surface area contributed by atoms with E-state index in [1.165, 1.54) is 0 Å². The Morgan fingerprint density at radius 1 is 1.30 bits per heavy atom. The molecule has 0 heterocycles. The maximum absolute atomic E-state index is 9.60. The fourth-order valence-corrected chi connectivity index (χ4v) is 0.834. The highest BCUT2D eigenvalue weighted by molar-refractivity contribution is 4.77. The van der Waals surface area contributed by atoms with Crippen LogP contribution in [0.15, 0.2) is 0 Å². The first-order chi connectivity index (χ1) is 4.36. The summed E-state index contributed by atoms with van der Waals surface area (Å²) in [6, 6.07) is 0. The molecule has 0 bridgehead atoms. The van der Waals surface area contributed by atoms with E-state index in [0.29, 0.717) is 6.42 Å². The normalized spacial score (nSPS) is 20.7. The molecular weight excluding hydrogens is 128 g/mol. The van der Waals surface area contributed by atoms with Crippen molar-refractivity contribution in [2.45, 2.75) is 45.8 Å². The van der Waals surface area contributed by atoms with E-state index >= 15 is 0 Å². The monoisotopic (exact) mass is 146 g/mol. The largest absolute Gasteiger partial charge is 0.393 e. The molecule has 0 spiro atoms. The van der Waals surface area contributed by atoms with E-state index in [4.69, 9.17) is 5.11 Å². The van der Waals surface area contributed by atoms with E-state index in [1.807, 2.05) is 13.8 Å². The lowest BCUT2D eigenvalue weighted by Gasteiger charge is -2.28. The van der Waals surface area contributed by atoms with E-state index in [1.54, 1.807) is 13.8 Å². The summed E-state index contributed by atoms with van der Waals surface area (Å²) >= 11 is 0. The standard InChI is InChI=1S/C8H18O2/c1-6(2)8(4,10)5-7(3)9/h6-7,9-10H,5H2,1-4H3. The van der Waals surface area contributed by atoms with Crippen LogP contribution >= 0.6 is 0 Å². The fourth-order valence-electron chi connectivity index (χ4n) is 0.834. The van der Waals surface area contributed by atoms with Crippen molar-refractivity contribution in [3.8, 4) is 0 Å². The van der Waals surface area contributed by atoms with E-state index in [-0.39, 0.29) is 5.92 Å². The maximum atomic E-state index is 9.60. The molecule has 0 aromatic heterocycles. The third-order valence-corrected chi connectivity index (χ3v) is 1.95. The molecule has 0 radical (unpaired) electrons. The highest BCUT2D eigenvalue weighted by Crippen LogP contribution is 2.21. The van der Waals surface area contributed by atoms with Crippen LogP contribution in [0.25, 0.3) is 0 Å². The Kier molecular flexibility index (Phi) is 3.33. The molecule has 2 N–H and O–H groups in total. The van der Waals surface area contributed by atoms with E-state index in [9.17, 15) is 5.11 Å². The van der Waals surface area contributed by atoms with Crippen LogP contribution in [0.3, 0.4) is 0 Å². The Hall–Kier alpha value is -0.0800. The van der Waals surface area contributed by atoms with Crippen LogP contribution in [0.1, 0.15) is 34.1 Å². The van der Waals surface area contributed by atoms with Crippen molar-refractivity contribution in [3.63, 3.8) is 0 Å². The van der Waals surface area contributed by atoms with Crippen molar-refractivity contribution in [1.82, 2.24) is 0 Å². The number of rotatable bonds is 3. The van der Waals surface area contributed by atoms with Crippen molar-refractivity contribution in [3.05, 3.63) is 0 Å². The van der Waals surface area contributed by atoms with E-state index in [2.05, 4.69) is 0 Å². The predicted octanol–water partition coefficient (Wildman–Crippen LogP) is 1.16. The zero-order chi connectivity index (χ0) is 8.36. The third-order valence-electron chi connectivity index (χ3n) is 1.95. The fraction of sp³-hybridized carbons (Fsp3) is 1.00. The molecule has 0 amide bonds. The molecule has 62 valence electrons. The van der Waals surface area contributed by atoms with Crippen LogP contribution in [0.5, 0.6) is 0 Å². The second kappa shape index (κ2) is 3.35. The zero-order valence-electron chi connectivity index (χ0n) is 7.26. The number of aliphatic hydroxyl groups is 2. The van der Waals surface area contributed by atoms with E-state index in [0.717, 1.165) is 0 Å².